The number of carbonyl (C=O) groups excluding carboxylic acids is 1. The Balaban J connectivity index is 1.71. The summed E-state index contributed by atoms with van der Waals surface area (Å²) in [7, 11) is 1.40. The van der Waals surface area contributed by atoms with E-state index in [1.54, 1.807) is 0 Å². The Kier molecular flexibility index (Phi) is 6.66. The fraction of sp³-hybridized carbons (Fsp3) is 0.185. The molecule has 0 amide bonds. The zero-order valence-electron chi connectivity index (χ0n) is 18.3. The van der Waals surface area contributed by atoms with Crippen molar-refractivity contribution in [3.05, 3.63) is 90.5 Å². The number of benzene rings is 3. The van der Waals surface area contributed by atoms with E-state index < -0.39 is 0 Å². The van der Waals surface area contributed by atoms with E-state index in [0.29, 0.717) is 19.4 Å². The number of esters is 1. The summed E-state index contributed by atoms with van der Waals surface area (Å²) in [6, 6.07) is 28.4. The molecule has 0 unspecified atom stereocenters. The molecule has 0 aliphatic rings. The van der Waals surface area contributed by atoms with Crippen LogP contribution in [0.25, 0.3) is 28.2 Å². The highest BCUT2D eigenvalue weighted by Gasteiger charge is 2.16. The highest BCUT2D eigenvalue weighted by molar-refractivity contribution is 5.74. The van der Waals surface area contributed by atoms with Crippen LogP contribution in [0.2, 0.25) is 0 Å². The van der Waals surface area contributed by atoms with Gasteiger partial charge >= 0.3 is 5.97 Å². The number of nitrogens with zero attached hydrogens (tertiary/aromatic N) is 2. The van der Waals surface area contributed by atoms with E-state index in [1.165, 1.54) is 7.11 Å². The Labute approximate surface area is 188 Å². The SMILES string of the molecule is COC(=O)CCCOc1ccccc1-c1cc(-c2ccccc2)n(-c2ccccc2C)n1. The van der Waals surface area contributed by atoms with Crippen LogP contribution < -0.4 is 4.74 Å². The second-order valence-electron chi connectivity index (χ2n) is 7.50. The number of hydrogen-bond acceptors (Lipinski definition) is 4. The van der Waals surface area contributed by atoms with Crippen molar-refractivity contribution in [2.24, 2.45) is 0 Å². The Hall–Kier alpha value is -3.86. The van der Waals surface area contributed by atoms with Crippen molar-refractivity contribution in [2.45, 2.75) is 19.8 Å². The lowest BCUT2D eigenvalue weighted by Gasteiger charge is -2.11. The molecule has 0 radical (unpaired) electrons. The summed E-state index contributed by atoms with van der Waals surface area (Å²) in [5, 5.41) is 4.98. The number of hydrogen-bond donors (Lipinski definition) is 0. The number of methoxy groups -OCH3 is 1. The van der Waals surface area contributed by atoms with Crippen LogP contribution in [0, 0.1) is 6.92 Å². The van der Waals surface area contributed by atoms with E-state index in [0.717, 1.165) is 39.5 Å². The van der Waals surface area contributed by atoms with Crippen LogP contribution >= 0.6 is 0 Å². The standard InChI is InChI=1S/C27H26N2O3/c1-20-11-6-8-15-24(20)29-25(21-12-4-3-5-13-21)19-23(28-29)22-14-7-9-16-26(22)32-18-10-17-27(30)31-2/h3-9,11-16,19H,10,17-18H2,1-2H3. The second kappa shape index (κ2) is 9.96. The van der Waals surface area contributed by atoms with E-state index in [9.17, 15) is 4.79 Å². The quantitative estimate of drug-likeness (QED) is 0.262. The van der Waals surface area contributed by atoms with Gasteiger partial charge in [-0.05, 0) is 43.2 Å². The second-order valence-corrected chi connectivity index (χ2v) is 7.50. The Bertz CT molecular complexity index is 1200. The number of para-hydroxylation sites is 2. The third kappa shape index (κ3) is 4.72. The van der Waals surface area contributed by atoms with Crippen molar-refractivity contribution >= 4 is 5.97 Å². The van der Waals surface area contributed by atoms with E-state index in [2.05, 4.69) is 37.3 Å². The van der Waals surface area contributed by atoms with Crippen LogP contribution in [0.1, 0.15) is 18.4 Å². The van der Waals surface area contributed by atoms with Crippen molar-refractivity contribution in [2.75, 3.05) is 13.7 Å². The van der Waals surface area contributed by atoms with Gasteiger partial charge in [-0.15, -0.1) is 0 Å². The fourth-order valence-electron chi connectivity index (χ4n) is 3.62. The third-order valence-electron chi connectivity index (χ3n) is 5.30. The number of aryl methyl sites for hydroxylation is 1. The van der Waals surface area contributed by atoms with Crippen LogP contribution in [0.3, 0.4) is 0 Å². The maximum absolute atomic E-state index is 11.4. The van der Waals surface area contributed by atoms with E-state index in [4.69, 9.17) is 14.6 Å². The molecule has 0 saturated heterocycles. The predicted octanol–water partition coefficient (Wildman–Crippen LogP) is 5.85. The first-order chi connectivity index (χ1) is 15.7. The van der Waals surface area contributed by atoms with Gasteiger partial charge in [0.15, 0.2) is 0 Å². The Morgan fingerprint density at radius 3 is 2.44 bits per heavy atom. The summed E-state index contributed by atoms with van der Waals surface area (Å²) in [6.07, 6.45) is 0.923. The molecule has 0 fully saturated rings. The lowest BCUT2D eigenvalue weighted by Crippen LogP contribution is -2.05. The highest BCUT2D eigenvalue weighted by Crippen LogP contribution is 2.34. The zero-order chi connectivity index (χ0) is 22.3. The van der Waals surface area contributed by atoms with Gasteiger partial charge in [0, 0.05) is 17.5 Å². The first kappa shape index (κ1) is 21.4. The summed E-state index contributed by atoms with van der Waals surface area (Å²) >= 11 is 0. The molecule has 4 rings (SSSR count). The molecule has 5 heteroatoms. The van der Waals surface area contributed by atoms with Gasteiger partial charge in [-0.3, -0.25) is 4.79 Å². The van der Waals surface area contributed by atoms with Crippen molar-refractivity contribution in [3.63, 3.8) is 0 Å². The lowest BCUT2D eigenvalue weighted by molar-refractivity contribution is -0.140. The monoisotopic (exact) mass is 426 g/mol. The average molecular weight is 427 g/mol. The van der Waals surface area contributed by atoms with Crippen LogP contribution in [0.4, 0.5) is 0 Å². The summed E-state index contributed by atoms with van der Waals surface area (Å²) in [4.78, 5) is 11.4. The minimum absolute atomic E-state index is 0.230. The molecule has 0 spiro atoms. The molecule has 0 aliphatic carbocycles. The van der Waals surface area contributed by atoms with Gasteiger partial charge in [0.2, 0.25) is 0 Å². The summed E-state index contributed by atoms with van der Waals surface area (Å²) in [6.45, 7) is 2.51. The third-order valence-corrected chi connectivity index (χ3v) is 5.30. The Morgan fingerprint density at radius 1 is 0.938 bits per heavy atom. The van der Waals surface area contributed by atoms with Crippen molar-refractivity contribution in [3.8, 4) is 34.0 Å². The molecule has 1 heterocycles. The molecule has 0 bridgehead atoms. The molecule has 4 aromatic rings. The normalized spacial score (nSPS) is 10.7. The maximum Gasteiger partial charge on any atom is 0.305 e. The van der Waals surface area contributed by atoms with Gasteiger partial charge in [-0.25, -0.2) is 4.68 Å². The molecule has 5 nitrogen and oxygen atoms in total. The minimum Gasteiger partial charge on any atom is -0.493 e. The van der Waals surface area contributed by atoms with Gasteiger partial charge in [0.25, 0.3) is 0 Å². The molecule has 0 N–H and O–H groups in total. The smallest absolute Gasteiger partial charge is 0.305 e. The first-order valence-electron chi connectivity index (χ1n) is 10.7. The van der Waals surface area contributed by atoms with Crippen molar-refractivity contribution < 1.29 is 14.3 Å². The molecule has 32 heavy (non-hydrogen) atoms. The summed E-state index contributed by atoms with van der Waals surface area (Å²) < 4.78 is 12.7. The molecule has 0 aliphatic heterocycles. The minimum atomic E-state index is -0.230. The average Bonchev–Trinajstić information content (AvgIpc) is 3.28. The molecular weight excluding hydrogens is 400 g/mol. The molecule has 1 aromatic heterocycles. The summed E-state index contributed by atoms with van der Waals surface area (Å²) in [5.74, 6) is 0.512. The number of rotatable bonds is 8. The molecule has 0 atom stereocenters. The Morgan fingerprint density at radius 2 is 1.66 bits per heavy atom. The molecule has 162 valence electrons. The van der Waals surface area contributed by atoms with Gasteiger partial charge in [0.05, 0.1) is 30.8 Å². The molecule has 3 aromatic carbocycles. The van der Waals surface area contributed by atoms with E-state index in [-0.39, 0.29) is 5.97 Å². The summed E-state index contributed by atoms with van der Waals surface area (Å²) in [5.41, 5.74) is 6.02. The molecule has 0 saturated carbocycles. The highest BCUT2D eigenvalue weighted by atomic mass is 16.5. The maximum atomic E-state index is 11.4. The number of aromatic nitrogens is 2. The van der Waals surface area contributed by atoms with Gasteiger partial charge < -0.3 is 9.47 Å². The van der Waals surface area contributed by atoms with Crippen LogP contribution in [-0.4, -0.2) is 29.5 Å². The van der Waals surface area contributed by atoms with Crippen LogP contribution in [0.15, 0.2) is 84.9 Å². The fourth-order valence-corrected chi connectivity index (χ4v) is 3.62. The predicted molar refractivity (Wildman–Crippen MR) is 126 cm³/mol. The van der Waals surface area contributed by atoms with Crippen molar-refractivity contribution in [1.29, 1.82) is 0 Å². The number of carbonyl (C=O) groups is 1. The van der Waals surface area contributed by atoms with Gasteiger partial charge in [0.1, 0.15) is 5.75 Å². The largest absolute Gasteiger partial charge is 0.493 e. The zero-order valence-corrected chi connectivity index (χ0v) is 18.3. The van der Waals surface area contributed by atoms with E-state index >= 15 is 0 Å². The topological polar surface area (TPSA) is 53.4 Å². The molecular formula is C27H26N2O3. The first-order valence-corrected chi connectivity index (χ1v) is 10.7. The van der Waals surface area contributed by atoms with E-state index in [1.807, 2.05) is 59.3 Å². The van der Waals surface area contributed by atoms with Gasteiger partial charge in [-0.1, -0.05) is 60.7 Å². The van der Waals surface area contributed by atoms with Gasteiger partial charge in [-0.2, -0.15) is 5.10 Å². The van der Waals surface area contributed by atoms with Crippen LogP contribution in [0.5, 0.6) is 5.75 Å². The number of ether oxygens (including phenoxy) is 2. The van der Waals surface area contributed by atoms with Crippen LogP contribution in [-0.2, 0) is 9.53 Å². The van der Waals surface area contributed by atoms with Crippen molar-refractivity contribution in [1.82, 2.24) is 9.78 Å². The lowest BCUT2D eigenvalue weighted by atomic mass is 10.1.